The van der Waals surface area contributed by atoms with E-state index in [1.54, 1.807) is 43.3 Å². The Balaban J connectivity index is 1.93. The van der Waals surface area contributed by atoms with E-state index in [0.29, 0.717) is 21.0 Å². The first kappa shape index (κ1) is 16.0. The normalized spacial score (nSPS) is 15.5. The average Bonchev–Trinajstić information content (AvgIpc) is 2.50. The van der Waals surface area contributed by atoms with Gasteiger partial charge in [0.25, 0.3) is 15.9 Å². The number of carbonyl (C=O) groups is 1. The molecule has 1 heterocycles. The molecule has 0 atom stereocenters. The van der Waals surface area contributed by atoms with E-state index in [-0.39, 0.29) is 10.1 Å². The highest BCUT2D eigenvalue weighted by Crippen LogP contribution is 2.36. The molecule has 0 aromatic heterocycles. The molecule has 5 nitrogen and oxygen atoms in total. The van der Waals surface area contributed by atoms with Gasteiger partial charge in [0.1, 0.15) is 4.90 Å². The number of carbonyl (C=O) groups excluding carboxylic acids is 1. The Labute approximate surface area is 142 Å². The summed E-state index contributed by atoms with van der Waals surface area (Å²) in [5.74, 6) is -0.422. The van der Waals surface area contributed by atoms with Gasteiger partial charge in [0, 0.05) is 15.5 Å². The first-order valence-electron chi connectivity index (χ1n) is 6.56. The molecule has 0 fully saturated rings. The third-order valence-corrected chi connectivity index (χ3v) is 6.08. The predicted octanol–water partition coefficient (Wildman–Crippen LogP) is 3.23. The molecule has 1 N–H and O–H groups in total. The minimum Gasteiger partial charge on any atom is -0.300 e. The van der Waals surface area contributed by atoms with Crippen LogP contribution in [0.2, 0.25) is 5.02 Å². The fourth-order valence-electron chi connectivity index (χ4n) is 2.01. The molecule has 2 aromatic carbocycles. The van der Waals surface area contributed by atoms with Crippen LogP contribution in [0.25, 0.3) is 0 Å². The Hall–Kier alpha value is -1.83. The van der Waals surface area contributed by atoms with Crippen LogP contribution in [-0.2, 0) is 10.0 Å². The van der Waals surface area contributed by atoms with Gasteiger partial charge in [-0.15, -0.1) is 4.40 Å². The number of halogens is 1. The molecule has 1 aliphatic heterocycles. The second-order valence-corrected chi connectivity index (χ2v) is 7.85. The van der Waals surface area contributed by atoms with Crippen LogP contribution in [0.3, 0.4) is 0 Å². The summed E-state index contributed by atoms with van der Waals surface area (Å²) in [5, 5.41) is 2.98. The number of fused-ring (bicyclic) bond motifs is 1. The number of aryl methyl sites for hydroxylation is 1. The van der Waals surface area contributed by atoms with Gasteiger partial charge in [-0.25, -0.2) is 0 Å². The standard InChI is InChI=1S/C15H11ClN2O3S2/c1-9-7-13-12(8-11(9)16)22-15(18-23(13,20)21)17-14(19)10-5-3-2-4-6-10/h2-8H,1H3,(H,17,18,19). The lowest BCUT2D eigenvalue weighted by Gasteiger charge is -2.17. The lowest BCUT2D eigenvalue weighted by molar-refractivity contribution is 0.0978. The highest BCUT2D eigenvalue weighted by Gasteiger charge is 2.28. The van der Waals surface area contributed by atoms with Gasteiger partial charge in [0.2, 0.25) is 0 Å². The number of sulfonamides is 1. The topological polar surface area (TPSA) is 75.6 Å². The Bertz CT molecular complexity index is 925. The van der Waals surface area contributed by atoms with Gasteiger partial charge < -0.3 is 5.32 Å². The van der Waals surface area contributed by atoms with Gasteiger partial charge in [0.15, 0.2) is 5.17 Å². The summed E-state index contributed by atoms with van der Waals surface area (Å²) in [6.45, 7) is 1.72. The fraction of sp³-hybridized carbons (Fsp3) is 0.0667. The highest BCUT2D eigenvalue weighted by molar-refractivity contribution is 8.15. The van der Waals surface area contributed by atoms with Crippen molar-refractivity contribution in [3.05, 3.63) is 58.6 Å². The predicted molar refractivity (Wildman–Crippen MR) is 90.6 cm³/mol. The molecule has 0 spiro atoms. The van der Waals surface area contributed by atoms with Gasteiger partial charge >= 0.3 is 0 Å². The smallest absolute Gasteiger partial charge is 0.285 e. The summed E-state index contributed by atoms with van der Waals surface area (Å²) in [6.07, 6.45) is 0. The second-order valence-electron chi connectivity index (χ2n) is 4.84. The van der Waals surface area contributed by atoms with Crippen molar-refractivity contribution in [3.8, 4) is 0 Å². The number of amidine groups is 1. The maximum atomic E-state index is 12.3. The molecule has 0 saturated carbocycles. The first-order valence-corrected chi connectivity index (χ1v) is 9.19. The van der Waals surface area contributed by atoms with E-state index in [4.69, 9.17) is 11.6 Å². The summed E-state index contributed by atoms with van der Waals surface area (Å²) < 4.78 is 28.2. The maximum Gasteiger partial charge on any atom is 0.285 e. The zero-order valence-electron chi connectivity index (χ0n) is 11.9. The Morgan fingerprint density at radius 1 is 1.22 bits per heavy atom. The maximum absolute atomic E-state index is 12.3. The zero-order valence-corrected chi connectivity index (χ0v) is 14.3. The van der Waals surface area contributed by atoms with E-state index in [1.807, 2.05) is 0 Å². The Morgan fingerprint density at radius 2 is 1.91 bits per heavy atom. The number of nitrogens with zero attached hydrogens (tertiary/aromatic N) is 1. The van der Waals surface area contributed by atoms with E-state index >= 15 is 0 Å². The summed E-state index contributed by atoms with van der Waals surface area (Å²) in [7, 11) is -3.86. The minimum atomic E-state index is -3.86. The fourth-order valence-corrected chi connectivity index (χ4v) is 4.81. The molecule has 0 aliphatic carbocycles. The highest BCUT2D eigenvalue weighted by atomic mass is 35.5. The van der Waals surface area contributed by atoms with Crippen molar-refractivity contribution >= 4 is 44.5 Å². The van der Waals surface area contributed by atoms with Crippen LogP contribution >= 0.6 is 23.4 Å². The molecule has 1 amide bonds. The molecule has 3 rings (SSSR count). The van der Waals surface area contributed by atoms with Crippen LogP contribution in [0.4, 0.5) is 0 Å². The molecule has 0 bridgehead atoms. The molecule has 8 heteroatoms. The monoisotopic (exact) mass is 366 g/mol. The van der Waals surface area contributed by atoms with Crippen molar-refractivity contribution in [1.82, 2.24) is 5.32 Å². The Morgan fingerprint density at radius 3 is 2.61 bits per heavy atom. The van der Waals surface area contributed by atoms with Crippen molar-refractivity contribution in [2.75, 3.05) is 0 Å². The van der Waals surface area contributed by atoms with Crippen LogP contribution < -0.4 is 5.32 Å². The quantitative estimate of drug-likeness (QED) is 0.840. The van der Waals surface area contributed by atoms with E-state index < -0.39 is 15.9 Å². The van der Waals surface area contributed by atoms with Gasteiger partial charge in [-0.2, -0.15) is 8.42 Å². The SMILES string of the molecule is Cc1cc2c(cc1Cl)SC(NC(=O)c1ccccc1)=NS2(=O)=O. The number of rotatable bonds is 1. The molecule has 0 radical (unpaired) electrons. The van der Waals surface area contributed by atoms with Gasteiger partial charge in [-0.3, -0.25) is 4.79 Å². The molecule has 0 unspecified atom stereocenters. The second kappa shape index (κ2) is 5.99. The molecule has 2 aromatic rings. The number of thioether (sulfide) groups is 1. The number of hydrogen-bond donors (Lipinski definition) is 1. The van der Waals surface area contributed by atoms with Crippen LogP contribution in [0.1, 0.15) is 15.9 Å². The number of amides is 1. The number of benzene rings is 2. The van der Waals surface area contributed by atoms with Gasteiger partial charge in [-0.1, -0.05) is 29.8 Å². The lowest BCUT2D eigenvalue weighted by atomic mass is 10.2. The third-order valence-electron chi connectivity index (χ3n) is 3.17. The van der Waals surface area contributed by atoms with Gasteiger partial charge in [-0.05, 0) is 48.5 Å². The molecule has 23 heavy (non-hydrogen) atoms. The third kappa shape index (κ3) is 3.26. The molecular weight excluding hydrogens is 356 g/mol. The van der Waals surface area contributed by atoms with Crippen molar-refractivity contribution in [1.29, 1.82) is 0 Å². The lowest BCUT2D eigenvalue weighted by Crippen LogP contribution is -2.30. The summed E-state index contributed by atoms with van der Waals surface area (Å²) in [6, 6.07) is 11.5. The molecule has 1 aliphatic rings. The first-order chi connectivity index (χ1) is 10.9. The Kier molecular flexibility index (Phi) is 4.18. The number of hydrogen-bond acceptors (Lipinski definition) is 4. The number of nitrogens with one attached hydrogen (secondary N) is 1. The van der Waals surface area contributed by atoms with Crippen molar-refractivity contribution in [2.45, 2.75) is 16.7 Å². The molecular formula is C15H11ClN2O3S2. The van der Waals surface area contributed by atoms with E-state index in [1.165, 1.54) is 6.07 Å². The van der Waals surface area contributed by atoms with Crippen molar-refractivity contribution in [3.63, 3.8) is 0 Å². The summed E-state index contributed by atoms with van der Waals surface area (Å²) in [5.41, 5.74) is 1.07. The largest absolute Gasteiger partial charge is 0.300 e. The zero-order chi connectivity index (χ0) is 16.6. The summed E-state index contributed by atoms with van der Waals surface area (Å²) >= 11 is 7.11. The van der Waals surface area contributed by atoms with Crippen molar-refractivity contribution in [2.24, 2.45) is 4.40 Å². The molecule has 0 saturated heterocycles. The van der Waals surface area contributed by atoms with Crippen LogP contribution in [0, 0.1) is 6.92 Å². The van der Waals surface area contributed by atoms with Crippen LogP contribution in [0.5, 0.6) is 0 Å². The van der Waals surface area contributed by atoms with E-state index in [2.05, 4.69) is 9.71 Å². The van der Waals surface area contributed by atoms with E-state index in [0.717, 1.165) is 11.8 Å². The van der Waals surface area contributed by atoms with E-state index in [9.17, 15) is 13.2 Å². The molecule has 118 valence electrons. The van der Waals surface area contributed by atoms with Gasteiger partial charge in [0.05, 0.1) is 0 Å². The van der Waals surface area contributed by atoms with Crippen LogP contribution in [-0.4, -0.2) is 19.5 Å². The summed E-state index contributed by atoms with van der Waals surface area (Å²) in [4.78, 5) is 12.7. The minimum absolute atomic E-state index is 0.00581. The average molecular weight is 367 g/mol. The van der Waals surface area contributed by atoms with Crippen LogP contribution in [0.15, 0.2) is 56.7 Å². The van der Waals surface area contributed by atoms with Crippen molar-refractivity contribution < 1.29 is 13.2 Å².